The Bertz CT molecular complexity index is 565. The quantitative estimate of drug-likeness (QED) is 0.644. The molecule has 0 bridgehead atoms. The van der Waals surface area contributed by atoms with Crippen LogP contribution in [0.2, 0.25) is 5.02 Å². The molecule has 1 aromatic rings. The molecular weight excluding hydrogens is 282 g/mol. The van der Waals surface area contributed by atoms with Gasteiger partial charge in [-0.3, -0.25) is 0 Å². The molecule has 21 heavy (non-hydrogen) atoms. The molecule has 0 aliphatic carbocycles. The van der Waals surface area contributed by atoms with E-state index in [1.165, 1.54) is 11.1 Å². The summed E-state index contributed by atoms with van der Waals surface area (Å²) in [4.78, 5) is 2.07. The molecule has 1 aromatic carbocycles. The van der Waals surface area contributed by atoms with E-state index in [4.69, 9.17) is 11.6 Å². The van der Waals surface area contributed by atoms with Gasteiger partial charge in [0, 0.05) is 18.1 Å². The maximum atomic E-state index is 9.36. The summed E-state index contributed by atoms with van der Waals surface area (Å²) in [5.74, 6) is 0.652. The molecular formula is C18H24ClNO. The minimum atomic E-state index is 0.0651. The van der Waals surface area contributed by atoms with Gasteiger partial charge in [0.15, 0.2) is 0 Å². The molecule has 114 valence electrons. The first-order valence-corrected chi connectivity index (χ1v) is 7.67. The molecule has 0 radical (unpaired) electrons. The third-order valence-electron chi connectivity index (χ3n) is 4.06. The fourth-order valence-electron chi connectivity index (χ4n) is 2.84. The summed E-state index contributed by atoms with van der Waals surface area (Å²) in [7, 11) is 0. The number of nitrogens with zero attached hydrogens (tertiary/aromatic N) is 1. The van der Waals surface area contributed by atoms with Crippen LogP contribution in [0.25, 0.3) is 0 Å². The van der Waals surface area contributed by atoms with Crippen LogP contribution in [0.3, 0.4) is 0 Å². The number of halogens is 1. The number of benzene rings is 1. The zero-order chi connectivity index (χ0) is 15.8. The lowest BCUT2D eigenvalue weighted by atomic mass is 9.80. The van der Waals surface area contributed by atoms with Gasteiger partial charge in [0.25, 0.3) is 0 Å². The Labute approximate surface area is 132 Å². The van der Waals surface area contributed by atoms with Crippen LogP contribution in [0.1, 0.15) is 31.9 Å². The number of hydrogen-bond donors (Lipinski definition) is 1. The summed E-state index contributed by atoms with van der Waals surface area (Å²) in [6, 6.07) is 6.20. The zero-order valence-electron chi connectivity index (χ0n) is 13.1. The highest BCUT2D eigenvalue weighted by molar-refractivity contribution is 6.30. The highest BCUT2D eigenvalue weighted by Crippen LogP contribution is 2.32. The highest BCUT2D eigenvalue weighted by Gasteiger charge is 2.30. The molecule has 0 amide bonds. The Hall–Kier alpha value is -1.41. The Morgan fingerprint density at radius 2 is 1.95 bits per heavy atom. The second kappa shape index (κ2) is 5.76. The number of rotatable bonds is 4. The van der Waals surface area contributed by atoms with Gasteiger partial charge < -0.3 is 10.0 Å². The number of aliphatic hydroxyl groups excluding tert-OH is 1. The van der Waals surface area contributed by atoms with E-state index in [0.717, 1.165) is 24.5 Å². The normalized spacial score (nSPS) is 15.7. The first-order chi connectivity index (χ1) is 9.68. The van der Waals surface area contributed by atoms with Gasteiger partial charge in [-0.15, -0.1) is 0 Å². The molecule has 1 N–H and O–H groups in total. The van der Waals surface area contributed by atoms with Crippen LogP contribution < -0.4 is 0 Å². The first-order valence-electron chi connectivity index (χ1n) is 7.29. The standard InChI is InChI=1S/C18H24ClNO/c1-12(13(2)21)20-10-14(11-20)8-15-6-7-16(19)9-17(15)18(3,4)5/h6-7,9,14,21H,1-2,8,10-11H2,3-5H3. The summed E-state index contributed by atoms with van der Waals surface area (Å²) in [6.07, 6.45) is 1.03. The fraction of sp³-hybridized carbons (Fsp3) is 0.444. The molecule has 0 unspecified atom stereocenters. The molecule has 0 saturated carbocycles. The van der Waals surface area contributed by atoms with E-state index in [0.29, 0.717) is 11.6 Å². The third kappa shape index (κ3) is 3.62. The molecule has 0 spiro atoms. The number of hydrogen-bond acceptors (Lipinski definition) is 2. The summed E-state index contributed by atoms with van der Waals surface area (Å²) < 4.78 is 0. The van der Waals surface area contributed by atoms with Crippen LogP contribution in [0.15, 0.2) is 42.8 Å². The van der Waals surface area contributed by atoms with Gasteiger partial charge in [0.1, 0.15) is 5.76 Å². The van der Waals surface area contributed by atoms with Crippen molar-refractivity contribution in [2.75, 3.05) is 13.1 Å². The second-order valence-electron chi connectivity index (χ2n) is 6.92. The lowest BCUT2D eigenvalue weighted by Crippen LogP contribution is -2.47. The lowest BCUT2D eigenvalue weighted by molar-refractivity contribution is 0.137. The maximum absolute atomic E-state index is 9.36. The van der Waals surface area contributed by atoms with Crippen LogP contribution >= 0.6 is 11.6 Å². The highest BCUT2D eigenvalue weighted by atomic mass is 35.5. The van der Waals surface area contributed by atoms with E-state index in [2.05, 4.69) is 51.0 Å². The minimum Gasteiger partial charge on any atom is -0.506 e. The molecule has 2 nitrogen and oxygen atoms in total. The van der Waals surface area contributed by atoms with Gasteiger partial charge in [-0.2, -0.15) is 0 Å². The van der Waals surface area contributed by atoms with Gasteiger partial charge in [0.05, 0.1) is 5.70 Å². The molecule has 0 aromatic heterocycles. The van der Waals surface area contributed by atoms with Crippen LogP contribution in [-0.2, 0) is 11.8 Å². The molecule has 2 rings (SSSR count). The van der Waals surface area contributed by atoms with Crippen molar-refractivity contribution in [1.29, 1.82) is 0 Å². The van der Waals surface area contributed by atoms with Crippen LogP contribution in [-0.4, -0.2) is 23.1 Å². The second-order valence-corrected chi connectivity index (χ2v) is 7.36. The smallest absolute Gasteiger partial charge is 0.131 e. The van der Waals surface area contributed by atoms with Crippen LogP contribution in [0, 0.1) is 5.92 Å². The summed E-state index contributed by atoms with van der Waals surface area (Å²) >= 11 is 6.15. The topological polar surface area (TPSA) is 23.5 Å². The van der Waals surface area contributed by atoms with Crippen molar-refractivity contribution < 1.29 is 5.11 Å². The molecule has 3 heteroatoms. The maximum Gasteiger partial charge on any atom is 0.131 e. The van der Waals surface area contributed by atoms with Crippen molar-refractivity contribution in [1.82, 2.24) is 4.90 Å². The Morgan fingerprint density at radius 1 is 1.33 bits per heavy atom. The number of aliphatic hydroxyl groups is 1. The summed E-state index contributed by atoms with van der Waals surface area (Å²) in [6.45, 7) is 15.9. The van der Waals surface area contributed by atoms with Gasteiger partial charge in [0.2, 0.25) is 0 Å². The van der Waals surface area contributed by atoms with E-state index >= 15 is 0 Å². The van der Waals surface area contributed by atoms with Crippen molar-refractivity contribution in [2.24, 2.45) is 5.92 Å². The fourth-order valence-corrected chi connectivity index (χ4v) is 3.01. The minimum absolute atomic E-state index is 0.0651. The lowest BCUT2D eigenvalue weighted by Gasteiger charge is -2.42. The van der Waals surface area contributed by atoms with Gasteiger partial charge >= 0.3 is 0 Å². The van der Waals surface area contributed by atoms with E-state index in [9.17, 15) is 5.11 Å². The summed E-state index contributed by atoms with van der Waals surface area (Å²) in [5, 5.41) is 10.2. The van der Waals surface area contributed by atoms with Crippen molar-refractivity contribution in [3.63, 3.8) is 0 Å². The molecule has 1 fully saturated rings. The average Bonchev–Trinajstić information content (AvgIpc) is 2.32. The van der Waals surface area contributed by atoms with Crippen molar-refractivity contribution in [3.05, 3.63) is 59.0 Å². The monoisotopic (exact) mass is 305 g/mol. The number of likely N-dealkylation sites (tertiary alicyclic amines) is 1. The molecule has 1 heterocycles. The predicted octanol–water partition coefficient (Wildman–Crippen LogP) is 4.70. The van der Waals surface area contributed by atoms with Crippen LogP contribution in [0.4, 0.5) is 0 Å². The van der Waals surface area contributed by atoms with Gasteiger partial charge in [-0.05, 0) is 41.0 Å². The van der Waals surface area contributed by atoms with Crippen molar-refractivity contribution in [2.45, 2.75) is 32.6 Å². The summed E-state index contributed by atoms with van der Waals surface area (Å²) in [5.41, 5.74) is 3.41. The largest absolute Gasteiger partial charge is 0.506 e. The van der Waals surface area contributed by atoms with Gasteiger partial charge in [-0.1, -0.05) is 51.6 Å². The average molecular weight is 306 g/mol. The zero-order valence-corrected chi connectivity index (χ0v) is 13.9. The van der Waals surface area contributed by atoms with Gasteiger partial charge in [-0.25, -0.2) is 0 Å². The van der Waals surface area contributed by atoms with E-state index < -0.39 is 0 Å². The Balaban J connectivity index is 2.06. The predicted molar refractivity (Wildman–Crippen MR) is 89.8 cm³/mol. The molecule has 1 aliphatic rings. The Kier molecular flexibility index (Phi) is 4.38. The van der Waals surface area contributed by atoms with Crippen LogP contribution in [0.5, 0.6) is 0 Å². The molecule has 0 atom stereocenters. The third-order valence-corrected chi connectivity index (χ3v) is 4.30. The van der Waals surface area contributed by atoms with Crippen molar-refractivity contribution in [3.8, 4) is 0 Å². The van der Waals surface area contributed by atoms with E-state index in [1.807, 2.05) is 6.07 Å². The van der Waals surface area contributed by atoms with E-state index in [1.54, 1.807) is 0 Å². The SMILES string of the molecule is C=C(O)C(=C)N1CC(Cc2ccc(Cl)cc2C(C)(C)C)C1. The molecule has 1 aliphatic heterocycles. The first kappa shape index (κ1) is 16.0. The van der Waals surface area contributed by atoms with Crippen molar-refractivity contribution >= 4 is 11.6 Å². The van der Waals surface area contributed by atoms with E-state index in [-0.39, 0.29) is 11.2 Å². The molecule has 1 saturated heterocycles. The Morgan fingerprint density at radius 3 is 2.48 bits per heavy atom.